The zero-order valence-corrected chi connectivity index (χ0v) is 16.1. The summed E-state index contributed by atoms with van der Waals surface area (Å²) in [5.74, 6) is -3.27. The normalized spacial score (nSPS) is 13.1. The zero-order chi connectivity index (χ0) is 17.2. The number of thiophene rings is 1. The Morgan fingerprint density at radius 2 is 0.920 bits per heavy atom. The van der Waals surface area contributed by atoms with Crippen LogP contribution < -0.4 is 20.5 Å². The molecule has 0 nitrogen and oxygen atoms in total. The van der Waals surface area contributed by atoms with Crippen molar-refractivity contribution in [2.75, 3.05) is 0 Å². The summed E-state index contributed by atoms with van der Waals surface area (Å²) in [7, 11) is 0. The summed E-state index contributed by atoms with van der Waals surface area (Å²) in [5, 5.41) is 5.65. The van der Waals surface area contributed by atoms with Gasteiger partial charge < -0.3 is 0 Å². The van der Waals surface area contributed by atoms with Crippen molar-refractivity contribution in [2.45, 2.75) is 0 Å². The third-order valence-electron chi connectivity index (χ3n) is 4.64. The number of benzene rings is 3. The Hall–Kier alpha value is -1.92. The Morgan fingerprint density at radius 3 is 1.24 bits per heavy atom. The van der Waals surface area contributed by atoms with Crippen molar-refractivity contribution >= 4 is 49.1 Å². The summed E-state index contributed by atoms with van der Waals surface area (Å²) in [5.41, 5.74) is 0. The van der Waals surface area contributed by atoms with Crippen LogP contribution in [0.1, 0.15) is 0 Å². The molecule has 0 fully saturated rings. The van der Waals surface area contributed by atoms with Gasteiger partial charge in [-0.15, -0.1) is 0 Å². The van der Waals surface area contributed by atoms with E-state index in [0.717, 1.165) is 0 Å². The van der Waals surface area contributed by atoms with Crippen LogP contribution in [0.3, 0.4) is 0 Å². The summed E-state index contributed by atoms with van der Waals surface area (Å²) >= 11 is 9.72. The summed E-state index contributed by atoms with van der Waals surface area (Å²) in [6, 6.07) is 35.9. The van der Waals surface area contributed by atoms with Gasteiger partial charge in [-0.1, -0.05) is 0 Å². The van der Waals surface area contributed by atoms with Gasteiger partial charge in [0.15, 0.2) is 0 Å². The molecule has 0 aliphatic heterocycles. The molecule has 0 aliphatic carbocycles. The number of halogens is 1. The van der Waals surface area contributed by atoms with E-state index < -0.39 is 5.96 Å². The van der Waals surface area contributed by atoms with Crippen molar-refractivity contribution in [1.82, 2.24) is 0 Å². The zero-order valence-electron chi connectivity index (χ0n) is 13.6. The maximum absolute atomic E-state index is 7.98. The Bertz CT molecular complexity index is 851. The third kappa shape index (κ3) is 2.39. The van der Waals surface area contributed by atoms with E-state index in [2.05, 4.69) is 90.3 Å². The minimum absolute atomic E-state index is 1.18. The van der Waals surface area contributed by atoms with Crippen LogP contribution in [-0.2, 0) is 0 Å². The van der Waals surface area contributed by atoms with Crippen molar-refractivity contribution in [3.05, 3.63) is 109 Å². The molecule has 1 aromatic heterocycles. The van der Waals surface area contributed by atoms with Crippen molar-refractivity contribution in [3.8, 4) is 0 Å². The molecule has 3 aromatic carbocycles. The fraction of sp³-hybridized carbons (Fsp3) is 0. The molecule has 4 aromatic rings. The molecule has 3 heteroatoms. The molecule has 0 spiro atoms. The van der Waals surface area contributed by atoms with Crippen molar-refractivity contribution in [3.63, 3.8) is 0 Å². The minimum atomic E-state index is -3.27. The summed E-state index contributed by atoms with van der Waals surface area (Å²) in [4.78, 5) is 0. The van der Waals surface area contributed by atoms with E-state index in [9.17, 15) is 0 Å². The maximum atomic E-state index is 7.98. The van der Waals surface area contributed by atoms with Gasteiger partial charge in [-0.05, 0) is 0 Å². The molecular weight excluding hydrogens is 363 g/mol. The summed E-state index contributed by atoms with van der Waals surface area (Å²) < 4.78 is 1.22. The number of hydrogen-bond donors (Lipinski definition) is 0. The molecule has 0 saturated heterocycles. The van der Waals surface area contributed by atoms with Gasteiger partial charge in [0.25, 0.3) is 0 Å². The predicted octanol–water partition coefficient (Wildman–Crippen LogP) is 5.06. The van der Waals surface area contributed by atoms with Gasteiger partial charge in [-0.25, -0.2) is 0 Å². The van der Waals surface area contributed by atoms with Crippen LogP contribution >= 0.6 is 28.5 Å². The Balaban J connectivity index is 2.22. The van der Waals surface area contributed by atoms with Crippen molar-refractivity contribution < 1.29 is 0 Å². The Kier molecular flexibility index (Phi) is 4.25. The quantitative estimate of drug-likeness (QED) is 0.434. The van der Waals surface area contributed by atoms with E-state index in [1.165, 1.54) is 20.5 Å². The Labute approximate surface area is 157 Å². The van der Waals surface area contributed by atoms with E-state index in [0.29, 0.717) is 0 Å². The standard InChI is InChI=1S/C22H18ClPS/c23-24(22-17-10-18-25-22,19-11-4-1-5-12-19,20-13-6-2-7-14-20)21-15-8-3-9-16-21/h1-18H. The molecule has 25 heavy (non-hydrogen) atoms. The SMILES string of the molecule is ClP(c1ccccc1)(c1ccccc1)(c1ccccc1)c1cccs1. The van der Waals surface area contributed by atoms with Gasteiger partial charge in [0.2, 0.25) is 0 Å². The second-order valence-corrected chi connectivity index (χ2v) is 13.3. The van der Waals surface area contributed by atoms with Gasteiger partial charge in [-0.3, -0.25) is 0 Å². The van der Waals surface area contributed by atoms with Gasteiger partial charge >= 0.3 is 158 Å². The number of hydrogen-bond acceptors (Lipinski definition) is 1. The first kappa shape index (κ1) is 16.5. The van der Waals surface area contributed by atoms with E-state index in [4.69, 9.17) is 11.2 Å². The molecule has 0 radical (unpaired) electrons. The first-order valence-electron chi connectivity index (χ1n) is 8.19. The van der Waals surface area contributed by atoms with E-state index in [-0.39, 0.29) is 0 Å². The topological polar surface area (TPSA) is 0 Å². The molecule has 124 valence electrons. The molecule has 0 saturated carbocycles. The summed E-state index contributed by atoms with van der Waals surface area (Å²) in [6.07, 6.45) is 0. The third-order valence-corrected chi connectivity index (χ3v) is 14.1. The molecule has 0 aliphatic rings. The average molecular weight is 381 g/mol. The molecule has 0 atom stereocenters. The van der Waals surface area contributed by atoms with Crippen LogP contribution in [0.25, 0.3) is 0 Å². The molecule has 1 heterocycles. The van der Waals surface area contributed by atoms with Crippen LogP contribution in [-0.4, -0.2) is 0 Å². The van der Waals surface area contributed by atoms with Crippen molar-refractivity contribution in [2.24, 2.45) is 0 Å². The van der Waals surface area contributed by atoms with Gasteiger partial charge in [0, 0.05) is 0 Å². The first-order chi connectivity index (χ1) is 12.2. The Morgan fingerprint density at radius 1 is 0.520 bits per heavy atom. The molecule has 0 unspecified atom stereocenters. The second kappa shape index (κ2) is 6.42. The predicted molar refractivity (Wildman–Crippen MR) is 115 cm³/mol. The monoisotopic (exact) mass is 380 g/mol. The van der Waals surface area contributed by atoms with E-state index in [1.807, 2.05) is 18.2 Å². The molecular formula is C22H18ClPS. The van der Waals surface area contributed by atoms with E-state index in [1.54, 1.807) is 11.3 Å². The van der Waals surface area contributed by atoms with Crippen LogP contribution in [0.15, 0.2) is 109 Å². The van der Waals surface area contributed by atoms with Crippen LogP contribution in [0.2, 0.25) is 0 Å². The second-order valence-electron chi connectivity index (χ2n) is 5.97. The first-order valence-corrected chi connectivity index (χ1v) is 12.2. The molecule has 4 rings (SSSR count). The van der Waals surface area contributed by atoms with Crippen LogP contribution in [0.4, 0.5) is 0 Å². The van der Waals surface area contributed by atoms with Crippen LogP contribution in [0.5, 0.6) is 0 Å². The van der Waals surface area contributed by atoms with Crippen LogP contribution in [0, 0.1) is 0 Å². The van der Waals surface area contributed by atoms with Gasteiger partial charge in [-0.2, -0.15) is 0 Å². The molecule has 0 bridgehead atoms. The molecule has 0 amide bonds. The van der Waals surface area contributed by atoms with Crippen molar-refractivity contribution in [1.29, 1.82) is 0 Å². The van der Waals surface area contributed by atoms with Gasteiger partial charge in [0.1, 0.15) is 0 Å². The average Bonchev–Trinajstić information content (AvgIpc) is 3.25. The van der Waals surface area contributed by atoms with E-state index >= 15 is 0 Å². The number of rotatable bonds is 4. The fourth-order valence-electron chi connectivity index (χ4n) is 3.46. The fourth-order valence-corrected chi connectivity index (χ4v) is 11.6. The van der Waals surface area contributed by atoms with Gasteiger partial charge in [0.05, 0.1) is 0 Å². The summed E-state index contributed by atoms with van der Waals surface area (Å²) in [6.45, 7) is 0. The molecule has 0 N–H and O–H groups in total.